The lowest BCUT2D eigenvalue weighted by molar-refractivity contribution is -0.122. The molecule has 1 aromatic carbocycles. The monoisotopic (exact) mass is 387 g/mol. The minimum absolute atomic E-state index is 0.0608. The molecule has 2 amide bonds. The number of fused-ring (bicyclic) bond motifs is 1. The van der Waals surface area contributed by atoms with E-state index in [2.05, 4.69) is 22.2 Å². The Morgan fingerprint density at radius 1 is 1.30 bits per heavy atom. The Morgan fingerprint density at radius 2 is 2.00 bits per heavy atom. The molecule has 2 aromatic rings. The molecule has 0 bridgehead atoms. The average molecular weight is 387 g/mol. The van der Waals surface area contributed by atoms with Crippen molar-refractivity contribution < 1.29 is 19.1 Å². The van der Waals surface area contributed by atoms with Gasteiger partial charge in [-0.2, -0.15) is 0 Å². The Labute approximate surface area is 161 Å². The van der Waals surface area contributed by atoms with Crippen molar-refractivity contribution in [3.63, 3.8) is 0 Å². The summed E-state index contributed by atoms with van der Waals surface area (Å²) < 4.78 is 10.4. The largest absolute Gasteiger partial charge is 0.497 e. The van der Waals surface area contributed by atoms with Crippen molar-refractivity contribution in [2.24, 2.45) is 0 Å². The summed E-state index contributed by atoms with van der Waals surface area (Å²) in [6, 6.07) is 4.95. The number of aromatic nitrogens is 1. The maximum absolute atomic E-state index is 12.6. The number of hydrogen-bond acceptors (Lipinski definition) is 6. The van der Waals surface area contributed by atoms with E-state index >= 15 is 0 Å². The van der Waals surface area contributed by atoms with Gasteiger partial charge in [0.15, 0.2) is 5.13 Å². The Kier molecular flexibility index (Phi) is 5.75. The second-order valence-corrected chi connectivity index (χ2v) is 7.09. The molecule has 1 aliphatic carbocycles. The van der Waals surface area contributed by atoms with Crippen LogP contribution in [0.2, 0.25) is 0 Å². The highest BCUT2D eigenvalue weighted by Gasteiger charge is 2.32. The van der Waals surface area contributed by atoms with E-state index in [0.717, 1.165) is 23.4 Å². The molecule has 0 aliphatic heterocycles. The average Bonchev–Trinajstić information content (AvgIpc) is 3.25. The van der Waals surface area contributed by atoms with Crippen LogP contribution in [0.5, 0.6) is 11.5 Å². The molecule has 3 rings (SSSR count). The quantitative estimate of drug-likeness (QED) is 0.713. The van der Waals surface area contributed by atoms with Crippen LogP contribution in [0.15, 0.2) is 30.9 Å². The zero-order chi connectivity index (χ0) is 19.4. The van der Waals surface area contributed by atoms with Crippen LogP contribution < -0.4 is 20.1 Å². The third kappa shape index (κ3) is 4.11. The van der Waals surface area contributed by atoms with Crippen molar-refractivity contribution in [1.82, 2.24) is 10.3 Å². The molecule has 1 heterocycles. The van der Waals surface area contributed by atoms with Crippen LogP contribution in [-0.4, -0.2) is 37.6 Å². The number of nitrogens with zero attached hydrogens (tertiary/aromatic N) is 1. The molecular formula is C19H21N3O4S. The van der Waals surface area contributed by atoms with Crippen LogP contribution in [0.4, 0.5) is 5.13 Å². The molecule has 1 aromatic heterocycles. The maximum atomic E-state index is 12.6. The zero-order valence-electron chi connectivity index (χ0n) is 15.2. The van der Waals surface area contributed by atoms with Gasteiger partial charge in [-0.1, -0.05) is 6.08 Å². The molecule has 0 fully saturated rings. The first kappa shape index (κ1) is 18.9. The highest BCUT2D eigenvalue weighted by atomic mass is 32.1. The van der Waals surface area contributed by atoms with Crippen LogP contribution in [-0.2, 0) is 11.2 Å². The van der Waals surface area contributed by atoms with Gasteiger partial charge in [0, 0.05) is 23.1 Å². The molecule has 1 atom stereocenters. The van der Waals surface area contributed by atoms with Gasteiger partial charge in [-0.3, -0.25) is 14.9 Å². The fourth-order valence-corrected chi connectivity index (χ4v) is 3.97. The van der Waals surface area contributed by atoms with Crippen LogP contribution in [0.3, 0.4) is 0 Å². The number of carbonyl (C=O) groups excluding carboxylic acids is 2. The number of aryl methyl sites for hydroxylation is 1. The van der Waals surface area contributed by atoms with E-state index in [1.807, 2.05) is 0 Å². The SMILES string of the molecule is C=CCNC(=O)C1CCc2sc(NC(=O)c3cc(OC)cc(OC)c3)nc21. The Balaban J connectivity index is 1.75. The topological polar surface area (TPSA) is 89.6 Å². The highest BCUT2D eigenvalue weighted by molar-refractivity contribution is 7.16. The number of amides is 2. The lowest BCUT2D eigenvalue weighted by atomic mass is 10.1. The van der Waals surface area contributed by atoms with Gasteiger partial charge >= 0.3 is 0 Å². The van der Waals surface area contributed by atoms with Crippen molar-refractivity contribution in [2.75, 3.05) is 26.1 Å². The van der Waals surface area contributed by atoms with Crippen LogP contribution in [0.1, 0.15) is 33.3 Å². The van der Waals surface area contributed by atoms with E-state index < -0.39 is 0 Å². The lowest BCUT2D eigenvalue weighted by Crippen LogP contribution is -2.28. The Hall–Kier alpha value is -2.87. The van der Waals surface area contributed by atoms with Gasteiger partial charge in [0.1, 0.15) is 11.5 Å². The van der Waals surface area contributed by atoms with Gasteiger partial charge < -0.3 is 14.8 Å². The number of anilines is 1. The minimum Gasteiger partial charge on any atom is -0.497 e. The number of thiazole rings is 1. The molecule has 0 saturated carbocycles. The summed E-state index contributed by atoms with van der Waals surface area (Å²) in [5.74, 6) is 0.403. The van der Waals surface area contributed by atoms with E-state index in [-0.39, 0.29) is 17.7 Å². The summed E-state index contributed by atoms with van der Waals surface area (Å²) in [6.45, 7) is 4.03. The normalized spacial score (nSPS) is 15.0. The first-order valence-corrected chi connectivity index (χ1v) is 9.30. The third-order valence-electron chi connectivity index (χ3n) is 4.29. The molecule has 27 heavy (non-hydrogen) atoms. The molecule has 0 radical (unpaired) electrons. The summed E-state index contributed by atoms with van der Waals surface area (Å²) in [7, 11) is 3.05. The molecule has 8 heteroatoms. The lowest BCUT2D eigenvalue weighted by Gasteiger charge is -2.09. The molecule has 0 saturated heterocycles. The molecule has 1 unspecified atom stereocenters. The van der Waals surface area contributed by atoms with E-state index in [0.29, 0.717) is 28.7 Å². The number of rotatable bonds is 7. The summed E-state index contributed by atoms with van der Waals surface area (Å²) in [5, 5.41) is 6.09. The van der Waals surface area contributed by atoms with Crippen LogP contribution >= 0.6 is 11.3 Å². The number of benzene rings is 1. The predicted octanol–water partition coefficient (Wildman–Crippen LogP) is 2.74. The second kappa shape index (κ2) is 8.22. The molecule has 1 aliphatic rings. The summed E-state index contributed by atoms with van der Waals surface area (Å²) in [6.07, 6.45) is 3.16. The van der Waals surface area contributed by atoms with Gasteiger partial charge in [0.25, 0.3) is 5.91 Å². The van der Waals surface area contributed by atoms with E-state index in [9.17, 15) is 9.59 Å². The van der Waals surface area contributed by atoms with Crippen molar-refractivity contribution in [3.8, 4) is 11.5 Å². The van der Waals surface area contributed by atoms with E-state index in [1.165, 1.54) is 25.6 Å². The smallest absolute Gasteiger partial charge is 0.257 e. The van der Waals surface area contributed by atoms with Gasteiger partial charge in [-0.25, -0.2) is 4.98 Å². The van der Waals surface area contributed by atoms with Crippen molar-refractivity contribution >= 4 is 28.3 Å². The molecular weight excluding hydrogens is 366 g/mol. The predicted molar refractivity (Wildman–Crippen MR) is 104 cm³/mol. The highest BCUT2D eigenvalue weighted by Crippen LogP contribution is 2.38. The number of ether oxygens (including phenoxy) is 2. The molecule has 2 N–H and O–H groups in total. The van der Waals surface area contributed by atoms with Gasteiger partial charge in [0.2, 0.25) is 5.91 Å². The zero-order valence-corrected chi connectivity index (χ0v) is 16.0. The first-order chi connectivity index (χ1) is 13.0. The Morgan fingerprint density at radius 3 is 2.63 bits per heavy atom. The van der Waals surface area contributed by atoms with Gasteiger partial charge in [0.05, 0.1) is 25.8 Å². The minimum atomic E-state index is -0.313. The first-order valence-electron chi connectivity index (χ1n) is 8.48. The number of methoxy groups -OCH3 is 2. The fraction of sp³-hybridized carbons (Fsp3) is 0.316. The van der Waals surface area contributed by atoms with Crippen molar-refractivity contribution in [1.29, 1.82) is 0 Å². The molecule has 142 valence electrons. The summed E-state index contributed by atoms with van der Waals surface area (Å²) in [5.41, 5.74) is 1.15. The van der Waals surface area contributed by atoms with Crippen molar-refractivity contribution in [2.45, 2.75) is 18.8 Å². The van der Waals surface area contributed by atoms with Gasteiger partial charge in [-0.15, -0.1) is 17.9 Å². The maximum Gasteiger partial charge on any atom is 0.257 e. The summed E-state index contributed by atoms with van der Waals surface area (Å²) >= 11 is 1.40. The number of hydrogen-bond donors (Lipinski definition) is 2. The van der Waals surface area contributed by atoms with E-state index in [1.54, 1.807) is 24.3 Å². The number of nitrogens with one attached hydrogen (secondary N) is 2. The summed E-state index contributed by atoms with van der Waals surface area (Å²) in [4.78, 5) is 30.4. The molecule has 7 nitrogen and oxygen atoms in total. The van der Waals surface area contributed by atoms with E-state index in [4.69, 9.17) is 9.47 Å². The van der Waals surface area contributed by atoms with Crippen LogP contribution in [0.25, 0.3) is 0 Å². The fourth-order valence-electron chi connectivity index (χ4n) is 2.94. The van der Waals surface area contributed by atoms with Crippen LogP contribution in [0, 0.1) is 0 Å². The third-order valence-corrected chi connectivity index (χ3v) is 5.34. The van der Waals surface area contributed by atoms with Crippen molar-refractivity contribution in [3.05, 3.63) is 47.0 Å². The standard InChI is InChI=1S/C19H21N3O4S/c1-4-7-20-18(24)14-5-6-15-16(14)21-19(27-15)22-17(23)11-8-12(25-2)10-13(9-11)26-3/h4,8-10,14H,1,5-7H2,2-3H3,(H,20,24)(H,21,22,23). The Bertz CT molecular complexity index is 856. The second-order valence-electron chi connectivity index (χ2n) is 6.01. The number of carbonyl (C=O) groups is 2. The molecule has 0 spiro atoms. The van der Waals surface area contributed by atoms with Gasteiger partial charge in [-0.05, 0) is 25.0 Å².